The van der Waals surface area contributed by atoms with E-state index in [4.69, 9.17) is 16.0 Å². The monoisotopic (exact) mass is 310 g/mol. The van der Waals surface area contributed by atoms with Crippen molar-refractivity contribution in [2.24, 2.45) is 0 Å². The zero-order chi connectivity index (χ0) is 13.1. The zero-order valence-corrected chi connectivity index (χ0v) is 11.9. The second-order valence-corrected chi connectivity index (χ2v) is 5.94. The first kappa shape index (κ1) is 12.6. The first-order valence-electron chi connectivity index (χ1n) is 5.29. The van der Waals surface area contributed by atoms with Crippen LogP contribution in [-0.4, -0.2) is 20.4 Å². The van der Waals surface area contributed by atoms with Gasteiger partial charge in [0, 0.05) is 0 Å². The molecule has 0 atom stereocenters. The molecule has 0 N–H and O–H groups in total. The van der Waals surface area contributed by atoms with Gasteiger partial charge in [0.25, 0.3) is 0 Å². The molecule has 0 unspecified atom stereocenters. The van der Waals surface area contributed by atoms with E-state index in [1.165, 1.54) is 23.1 Å². The van der Waals surface area contributed by atoms with Crippen molar-refractivity contribution < 1.29 is 4.42 Å². The topological polar surface area (TPSA) is 64.7 Å². The van der Waals surface area contributed by atoms with Crippen LogP contribution in [-0.2, 0) is 5.75 Å². The third-order valence-corrected chi connectivity index (χ3v) is 4.40. The highest BCUT2D eigenvalue weighted by molar-refractivity contribution is 8.00. The Bertz CT molecular complexity index is 671. The number of hydrogen-bond acceptors (Lipinski definition) is 7. The number of aromatic nitrogens is 4. The largest absolute Gasteiger partial charge is 0.420 e. The third-order valence-electron chi connectivity index (χ3n) is 2.23. The second-order valence-electron chi connectivity index (χ2n) is 3.47. The van der Waals surface area contributed by atoms with E-state index in [2.05, 4.69) is 20.4 Å². The molecule has 0 amide bonds. The van der Waals surface area contributed by atoms with E-state index in [-0.39, 0.29) is 0 Å². The summed E-state index contributed by atoms with van der Waals surface area (Å²) in [6, 6.07) is 7.36. The normalized spacial score (nSPS) is 10.8. The van der Waals surface area contributed by atoms with Gasteiger partial charge >= 0.3 is 0 Å². The zero-order valence-electron chi connectivity index (χ0n) is 9.49. The van der Waals surface area contributed by atoms with Crippen molar-refractivity contribution in [3.8, 4) is 11.5 Å². The second kappa shape index (κ2) is 5.68. The standard InChI is InChI=1S/C11H7ClN4OS2/c12-8-4-2-1-3-7(8)10-15-14-9(17-10)5-18-11-16-13-6-19-11/h1-4,6H,5H2. The van der Waals surface area contributed by atoms with Gasteiger partial charge in [0.1, 0.15) is 5.51 Å². The van der Waals surface area contributed by atoms with E-state index >= 15 is 0 Å². The highest BCUT2D eigenvalue weighted by Gasteiger charge is 2.12. The van der Waals surface area contributed by atoms with Gasteiger partial charge in [-0.25, -0.2) is 0 Å². The van der Waals surface area contributed by atoms with Crippen LogP contribution in [0.2, 0.25) is 5.02 Å². The van der Waals surface area contributed by atoms with Crippen LogP contribution in [0.5, 0.6) is 0 Å². The van der Waals surface area contributed by atoms with Gasteiger partial charge in [0.2, 0.25) is 11.8 Å². The molecule has 0 saturated heterocycles. The van der Waals surface area contributed by atoms with Crippen LogP contribution in [0, 0.1) is 0 Å². The molecule has 0 aliphatic carbocycles. The lowest BCUT2D eigenvalue weighted by molar-refractivity contribution is 0.528. The lowest BCUT2D eigenvalue weighted by atomic mass is 10.2. The Morgan fingerprint density at radius 1 is 1.21 bits per heavy atom. The highest BCUT2D eigenvalue weighted by atomic mass is 35.5. The summed E-state index contributed by atoms with van der Waals surface area (Å²) in [6.07, 6.45) is 0. The lowest BCUT2D eigenvalue weighted by Gasteiger charge is -1.96. The van der Waals surface area contributed by atoms with Gasteiger partial charge in [0.15, 0.2) is 4.34 Å². The fourth-order valence-corrected chi connectivity index (χ4v) is 2.95. The summed E-state index contributed by atoms with van der Waals surface area (Å²) >= 11 is 9.06. The summed E-state index contributed by atoms with van der Waals surface area (Å²) < 4.78 is 6.45. The first-order chi connectivity index (χ1) is 9.33. The molecule has 8 heteroatoms. The van der Waals surface area contributed by atoms with Gasteiger partial charge in [-0.2, -0.15) is 0 Å². The van der Waals surface area contributed by atoms with Crippen molar-refractivity contribution in [2.45, 2.75) is 10.1 Å². The molecular formula is C11H7ClN4OS2. The summed E-state index contributed by atoms with van der Waals surface area (Å²) in [4.78, 5) is 0. The third kappa shape index (κ3) is 2.94. The Morgan fingerprint density at radius 2 is 2.11 bits per heavy atom. The fraction of sp³-hybridized carbons (Fsp3) is 0.0909. The van der Waals surface area contributed by atoms with E-state index in [1.54, 1.807) is 11.6 Å². The van der Waals surface area contributed by atoms with Gasteiger partial charge in [-0.1, -0.05) is 46.8 Å². The number of hydrogen-bond donors (Lipinski definition) is 0. The molecule has 2 heterocycles. The van der Waals surface area contributed by atoms with Crippen LogP contribution in [0.4, 0.5) is 0 Å². The van der Waals surface area contributed by atoms with Gasteiger partial charge < -0.3 is 4.42 Å². The number of halogens is 1. The van der Waals surface area contributed by atoms with Crippen molar-refractivity contribution in [3.05, 3.63) is 40.7 Å². The van der Waals surface area contributed by atoms with Crippen molar-refractivity contribution in [3.63, 3.8) is 0 Å². The van der Waals surface area contributed by atoms with Gasteiger partial charge in [-0.05, 0) is 12.1 Å². The molecule has 0 aliphatic rings. The van der Waals surface area contributed by atoms with Gasteiger partial charge in [-0.3, -0.25) is 0 Å². The maximum absolute atomic E-state index is 6.08. The van der Waals surface area contributed by atoms with E-state index < -0.39 is 0 Å². The number of rotatable bonds is 4. The molecule has 5 nitrogen and oxygen atoms in total. The molecule has 0 aliphatic heterocycles. The smallest absolute Gasteiger partial charge is 0.249 e. The van der Waals surface area contributed by atoms with Crippen LogP contribution in [0.15, 0.2) is 38.5 Å². The van der Waals surface area contributed by atoms with Crippen LogP contribution >= 0.6 is 34.7 Å². The molecular weight excluding hydrogens is 304 g/mol. The molecule has 3 rings (SSSR count). The van der Waals surface area contributed by atoms with Crippen LogP contribution in [0.3, 0.4) is 0 Å². The van der Waals surface area contributed by atoms with Crippen LogP contribution in [0.1, 0.15) is 5.89 Å². The average molecular weight is 311 g/mol. The Morgan fingerprint density at radius 3 is 2.89 bits per heavy atom. The Kier molecular flexibility index (Phi) is 3.77. The number of thioether (sulfide) groups is 1. The minimum atomic E-state index is 0.429. The van der Waals surface area contributed by atoms with E-state index in [0.29, 0.717) is 22.6 Å². The molecule has 96 valence electrons. The summed E-state index contributed by atoms with van der Waals surface area (Å²) in [6.45, 7) is 0. The molecule has 0 spiro atoms. The quantitative estimate of drug-likeness (QED) is 0.687. The molecule has 3 aromatic rings. The van der Waals surface area contributed by atoms with E-state index in [0.717, 1.165) is 9.90 Å². The minimum Gasteiger partial charge on any atom is -0.420 e. The molecule has 0 saturated carbocycles. The summed E-state index contributed by atoms with van der Waals surface area (Å²) in [5.41, 5.74) is 2.43. The van der Waals surface area contributed by atoms with E-state index in [9.17, 15) is 0 Å². The number of nitrogens with zero attached hydrogens (tertiary/aromatic N) is 4. The van der Waals surface area contributed by atoms with Crippen LogP contribution in [0.25, 0.3) is 11.5 Å². The molecule has 0 bridgehead atoms. The maximum atomic E-state index is 6.08. The molecule has 0 fully saturated rings. The summed E-state index contributed by atoms with van der Waals surface area (Å²) in [5.74, 6) is 1.53. The molecule has 19 heavy (non-hydrogen) atoms. The number of benzene rings is 1. The fourth-order valence-electron chi connectivity index (χ4n) is 1.40. The predicted octanol–water partition coefficient (Wildman–Crippen LogP) is 3.53. The predicted molar refractivity (Wildman–Crippen MR) is 74.2 cm³/mol. The van der Waals surface area contributed by atoms with Crippen molar-refractivity contribution in [1.82, 2.24) is 20.4 Å². The SMILES string of the molecule is Clc1ccccc1-c1nnc(CSc2nncs2)o1. The maximum Gasteiger partial charge on any atom is 0.249 e. The summed E-state index contributed by atoms with van der Waals surface area (Å²) in [7, 11) is 0. The van der Waals surface area contributed by atoms with Crippen molar-refractivity contribution in [2.75, 3.05) is 0 Å². The van der Waals surface area contributed by atoms with Crippen LogP contribution < -0.4 is 0 Å². The Hall–Kier alpha value is -1.44. The summed E-state index contributed by atoms with van der Waals surface area (Å²) in [5, 5.41) is 16.3. The van der Waals surface area contributed by atoms with Gasteiger partial charge in [-0.15, -0.1) is 20.4 Å². The van der Waals surface area contributed by atoms with E-state index in [1.807, 2.05) is 18.2 Å². The lowest BCUT2D eigenvalue weighted by Crippen LogP contribution is -1.80. The minimum absolute atomic E-state index is 0.429. The van der Waals surface area contributed by atoms with Gasteiger partial charge in [0.05, 0.1) is 16.3 Å². The Labute approximate surface area is 122 Å². The molecule has 0 radical (unpaired) electrons. The molecule has 2 aromatic heterocycles. The van der Waals surface area contributed by atoms with Crippen molar-refractivity contribution in [1.29, 1.82) is 0 Å². The average Bonchev–Trinajstić information content (AvgIpc) is 3.08. The van der Waals surface area contributed by atoms with Crippen molar-refractivity contribution >= 4 is 34.7 Å². The molecule has 1 aromatic carbocycles. The highest BCUT2D eigenvalue weighted by Crippen LogP contribution is 2.28. The first-order valence-corrected chi connectivity index (χ1v) is 7.53. The Balaban J connectivity index is 1.75.